The topological polar surface area (TPSA) is 122 Å². The molecule has 3 aromatic carbocycles. The number of anilines is 1. The van der Waals surface area contributed by atoms with Crippen LogP contribution in [0.1, 0.15) is 41.6 Å². The van der Waals surface area contributed by atoms with Crippen molar-refractivity contribution in [1.29, 1.82) is 0 Å². The van der Waals surface area contributed by atoms with E-state index in [1.54, 1.807) is 50.2 Å². The number of amides is 2. The minimum Gasteiger partial charge on any atom is -0.478 e. The van der Waals surface area contributed by atoms with E-state index in [4.69, 9.17) is 11.6 Å². The first kappa shape index (κ1) is 28.4. The molecule has 4 aromatic rings. The Labute approximate surface area is 234 Å². The van der Waals surface area contributed by atoms with Crippen LogP contribution in [0.5, 0.6) is 0 Å². The Bertz CT molecular complexity index is 1650. The molecule has 2 N–H and O–H groups in total. The maximum atomic E-state index is 15.3. The summed E-state index contributed by atoms with van der Waals surface area (Å²) in [6, 6.07) is 15.1. The van der Waals surface area contributed by atoms with Gasteiger partial charge in [-0.3, -0.25) is 19.1 Å². The van der Waals surface area contributed by atoms with E-state index in [-0.39, 0.29) is 41.4 Å². The normalized spacial score (nSPS) is 11.1. The predicted octanol–water partition coefficient (Wildman–Crippen LogP) is 5.27. The van der Waals surface area contributed by atoms with E-state index < -0.39 is 29.6 Å². The molecule has 2 amide bonds. The van der Waals surface area contributed by atoms with Gasteiger partial charge in [-0.2, -0.15) is 5.10 Å². The molecule has 0 aliphatic rings. The Morgan fingerprint density at radius 2 is 1.75 bits per heavy atom. The summed E-state index contributed by atoms with van der Waals surface area (Å²) in [7, 11) is 0. The Kier molecular flexibility index (Phi) is 8.29. The maximum Gasteiger partial charge on any atom is 0.335 e. The molecule has 0 aliphatic heterocycles. The number of nitrogens with one attached hydrogen (secondary N) is 1. The minimum atomic E-state index is -1.16. The molecule has 9 nitrogen and oxygen atoms in total. The molecule has 0 aliphatic carbocycles. The monoisotopic (exact) mass is 564 g/mol. The molecular formula is C29H26ClFN4O5. The summed E-state index contributed by atoms with van der Waals surface area (Å²) in [5.41, 5.74) is 1.05. The fourth-order valence-corrected chi connectivity index (χ4v) is 4.57. The molecule has 0 unspecified atom stereocenters. The van der Waals surface area contributed by atoms with E-state index >= 15 is 4.39 Å². The van der Waals surface area contributed by atoms with E-state index in [1.165, 1.54) is 40.8 Å². The average molecular weight is 565 g/mol. The van der Waals surface area contributed by atoms with E-state index in [1.807, 2.05) is 0 Å². The summed E-state index contributed by atoms with van der Waals surface area (Å²) in [5, 5.41) is 16.8. The van der Waals surface area contributed by atoms with Crippen LogP contribution in [0.25, 0.3) is 22.0 Å². The first-order valence-electron chi connectivity index (χ1n) is 12.4. The number of benzene rings is 3. The first-order valence-corrected chi connectivity index (χ1v) is 12.7. The highest BCUT2D eigenvalue weighted by molar-refractivity contribution is 6.33. The average Bonchev–Trinajstić information content (AvgIpc) is 3.26. The second kappa shape index (κ2) is 11.7. The van der Waals surface area contributed by atoms with Gasteiger partial charge in [-0.05, 0) is 44.2 Å². The van der Waals surface area contributed by atoms with Crippen molar-refractivity contribution < 1.29 is 28.7 Å². The zero-order valence-electron chi connectivity index (χ0n) is 21.9. The Morgan fingerprint density at radius 1 is 1.05 bits per heavy atom. The molecular weight excluding hydrogens is 539 g/mol. The zero-order chi connectivity index (χ0) is 29.1. The van der Waals surface area contributed by atoms with Crippen LogP contribution in [0.15, 0.2) is 60.7 Å². The number of Topliss-reactive ketones (excluding diaryl/α,β-unsaturated/α-hetero) is 1. The lowest BCUT2D eigenvalue weighted by Gasteiger charge is -2.26. The molecule has 0 fully saturated rings. The smallest absolute Gasteiger partial charge is 0.335 e. The van der Waals surface area contributed by atoms with Crippen molar-refractivity contribution in [3.05, 3.63) is 82.8 Å². The van der Waals surface area contributed by atoms with E-state index in [0.29, 0.717) is 21.5 Å². The van der Waals surface area contributed by atoms with Crippen molar-refractivity contribution >= 4 is 51.8 Å². The van der Waals surface area contributed by atoms with Gasteiger partial charge in [0.05, 0.1) is 16.8 Å². The highest BCUT2D eigenvalue weighted by atomic mass is 35.5. The summed E-state index contributed by atoms with van der Waals surface area (Å²) in [6.45, 7) is 4.08. The molecule has 0 saturated carbocycles. The number of ketones is 1. The first-order chi connectivity index (χ1) is 19.0. The zero-order valence-corrected chi connectivity index (χ0v) is 22.7. The third kappa shape index (κ3) is 5.86. The lowest BCUT2D eigenvalue weighted by Crippen LogP contribution is -2.44. The molecule has 206 valence electrons. The lowest BCUT2D eigenvalue weighted by atomic mass is 10.0. The molecule has 0 saturated heterocycles. The second-order valence-corrected chi connectivity index (χ2v) is 9.82. The molecule has 4 rings (SSSR count). The van der Waals surface area contributed by atoms with Crippen LogP contribution in [-0.4, -0.2) is 55.9 Å². The van der Waals surface area contributed by atoms with Crippen LogP contribution < -0.4 is 5.32 Å². The highest BCUT2D eigenvalue weighted by Crippen LogP contribution is 2.32. The van der Waals surface area contributed by atoms with E-state index in [2.05, 4.69) is 10.4 Å². The van der Waals surface area contributed by atoms with Crippen LogP contribution >= 0.6 is 11.6 Å². The van der Waals surface area contributed by atoms with Gasteiger partial charge in [0, 0.05) is 34.5 Å². The summed E-state index contributed by atoms with van der Waals surface area (Å²) < 4.78 is 16.6. The van der Waals surface area contributed by atoms with Crippen LogP contribution in [0.2, 0.25) is 5.02 Å². The number of halogens is 2. The standard InChI is InChI=1S/C29H26ClFN4O5/c1-16(2)34(14-25(37)32-23-10-6-8-20(27(23)31)19-7-4-5-9-22(19)30)26(38)15-35-24-12-11-18(29(39)40)13-21(24)28(33-35)17(3)36/h4-13,16H,14-15H2,1-3H3,(H,32,37)(H,39,40). The quantitative estimate of drug-likeness (QED) is 0.267. The van der Waals surface area contributed by atoms with Crippen molar-refractivity contribution in [2.45, 2.75) is 33.4 Å². The number of fused-ring (bicyclic) bond motifs is 1. The van der Waals surface area contributed by atoms with Gasteiger partial charge < -0.3 is 15.3 Å². The Hall–Kier alpha value is -4.57. The fourth-order valence-electron chi connectivity index (χ4n) is 4.33. The number of aromatic nitrogens is 2. The van der Waals surface area contributed by atoms with Gasteiger partial charge in [0.15, 0.2) is 11.6 Å². The molecule has 0 spiro atoms. The van der Waals surface area contributed by atoms with Gasteiger partial charge in [-0.1, -0.05) is 41.9 Å². The van der Waals surface area contributed by atoms with Gasteiger partial charge in [0.1, 0.15) is 18.8 Å². The lowest BCUT2D eigenvalue weighted by molar-refractivity contribution is -0.137. The summed E-state index contributed by atoms with van der Waals surface area (Å²) >= 11 is 6.22. The summed E-state index contributed by atoms with van der Waals surface area (Å²) in [6.07, 6.45) is 0. The number of rotatable bonds is 9. The number of hydrogen-bond donors (Lipinski definition) is 2. The number of carboxylic acid groups (broad SMARTS) is 1. The molecule has 40 heavy (non-hydrogen) atoms. The number of nitrogens with zero attached hydrogens (tertiary/aromatic N) is 3. The van der Waals surface area contributed by atoms with Crippen LogP contribution in [0, 0.1) is 5.82 Å². The third-order valence-electron chi connectivity index (χ3n) is 6.31. The highest BCUT2D eigenvalue weighted by Gasteiger charge is 2.24. The Morgan fingerprint density at radius 3 is 2.40 bits per heavy atom. The molecule has 0 radical (unpaired) electrons. The van der Waals surface area contributed by atoms with Gasteiger partial charge in [0.25, 0.3) is 0 Å². The molecule has 1 aromatic heterocycles. The maximum absolute atomic E-state index is 15.3. The van der Waals surface area contributed by atoms with Crippen molar-refractivity contribution in [3.8, 4) is 11.1 Å². The molecule has 1 heterocycles. The predicted molar refractivity (Wildman–Crippen MR) is 149 cm³/mol. The van der Waals surface area contributed by atoms with Gasteiger partial charge in [-0.25, -0.2) is 9.18 Å². The molecule has 0 atom stereocenters. The number of carboxylic acids is 1. The summed E-state index contributed by atoms with van der Waals surface area (Å²) in [5.74, 6) is -3.30. The van der Waals surface area contributed by atoms with Crippen molar-refractivity contribution in [2.75, 3.05) is 11.9 Å². The Balaban J connectivity index is 1.55. The third-order valence-corrected chi connectivity index (χ3v) is 6.64. The second-order valence-electron chi connectivity index (χ2n) is 9.41. The molecule has 11 heteroatoms. The fraction of sp³-hybridized carbons (Fsp3) is 0.207. The van der Waals surface area contributed by atoms with E-state index in [9.17, 15) is 24.3 Å². The van der Waals surface area contributed by atoms with Gasteiger partial charge in [-0.15, -0.1) is 0 Å². The van der Waals surface area contributed by atoms with Gasteiger partial charge >= 0.3 is 5.97 Å². The number of aromatic carboxylic acids is 1. The largest absolute Gasteiger partial charge is 0.478 e. The summed E-state index contributed by atoms with van der Waals surface area (Å²) in [4.78, 5) is 51.1. The SMILES string of the molecule is CC(=O)c1nn(CC(=O)N(CC(=O)Nc2cccc(-c3ccccc3Cl)c2F)C(C)C)c2ccc(C(=O)O)cc12. The van der Waals surface area contributed by atoms with Crippen molar-refractivity contribution in [1.82, 2.24) is 14.7 Å². The molecule has 0 bridgehead atoms. The van der Waals surface area contributed by atoms with Crippen LogP contribution in [0.3, 0.4) is 0 Å². The number of carbonyl (C=O) groups is 4. The van der Waals surface area contributed by atoms with Crippen molar-refractivity contribution in [2.24, 2.45) is 0 Å². The number of carbonyl (C=O) groups excluding carboxylic acids is 3. The van der Waals surface area contributed by atoms with Crippen molar-refractivity contribution in [3.63, 3.8) is 0 Å². The minimum absolute atomic E-state index is 0.0211. The van der Waals surface area contributed by atoms with Gasteiger partial charge in [0.2, 0.25) is 11.8 Å². The van der Waals surface area contributed by atoms with Crippen LogP contribution in [-0.2, 0) is 16.1 Å². The van der Waals surface area contributed by atoms with E-state index in [0.717, 1.165) is 0 Å². The van der Waals surface area contributed by atoms with Crippen LogP contribution in [0.4, 0.5) is 10.1 Å². The number of hydrogen-bond acceptors (Lipinski definition) is 5.